The Labute approximate surface area is 108 Å². The maximum Gasteiger partial charge on any atom is 0.310 e. The van der Waals surface area contributed by atoms with Gasteiger partial charge in [-0.1, -0.05) is 23.7 Å². The molecule has 0 aliphatic rings. The lowest BCUT2D eigenvalue weighted by molar-refractivity contribution is -0.138. The number of carboxylic acid groups (broad SMARTS) is 1. The fourth-order valence-corrected chi connectivity index (χ4v) is 2.48. The SMILES string of the molecule is CC(C(=O)O)c1ccc(-c2nccs2)c(Cl)c1. The Hall–Kier alpha value is -1.39. The Morgan fingerprint density at radius 3 is 2.82 bits per heavy atom. The van der Waals surface area contributed by atoms with Gasteiger partial charge in [-0.05, 0) is 18.6 Å². The lowest BCUT2D eigenvalue weighted by Crippen LogP contribution is -2.07. The minimum absolute atomic E-state index is 0.533. The smallest absolute Gasteiger partial charge is 0.310 e. The van der Waals surface area contributed by atoms with Crippen molar-refractivity contribution in [2.45, 2.75) is 12.8 Å². The largest absolute Gasteiger partial charge is 0.481 e. The van der Waals surface area contributed by atoms with Crippen molar-refractivity contribution in [1.29, 1.82) is 0 Å². The van der Waals surface area contributed by atoms with Gasteiger partial charge >= 0.3 is 5.97 Å². The van der Waals surface area contributed by atoms with Gasteiger partial charge in [-0.3, -0.25) is 4.79 Å². The van der Waals surface area contributed by atoms with E-state index in [1.54, 1.807) is 25.3 Å². The zero-order valence-corrected chi connectivity index (χ0v) is 10.6. The predicted molar refractivity (Wildman–Crippen MR) is 68.6 cm³/mol. The van der Waals surface area contributed by atoms with Crippen LogP contribution in [0.4, 0.5) is 0 Å². The van der Waals surface area contributed by atoms with Crippen LogP contribution in [0.1, 0.15) is 18.4 Å². The van der Waals surface area contributed by atoms with Crippen LogP contribution in [-0.4, -0.2) is 16.1 Å². The lowest BCUT2D eigenvalue weighted by atomic mass is 10.0. The van der Waals surface area contributed by atoms with Crippen LogP contribution in [0.15, 0.2) is 29.8 Å². The highest BCUT2D eigenvalue weighted by Gasteiger charge is 2.15. The van der Waals surface area contributed by atoms with E-state index < -0.39 is 11.9 Å². The third kappa shape index (κ3) is 2.48. The molecule has 0 saturated heterocycles. The van der Waals surface area contributed by atoms with Gasteiger partial charge in [-0.25, -0.2) is 4.98 Å². The number of halogens is 1. The number of hydrogen-bond acceptors (Lipinski definition) is 3. The van der Waals surface area contributed by atoms with Crippen LogP contribution in [0.5, 0.6) is 0 Å². The third-order valence-corrected chi connectivity index (χ3v) is 3.65. The maximum atomic E-state index is 10.9. The molecule has 1 atom stereocenters. The molecule has 0 saturated carbocycles. The van der Waals surface area contributed by atoms with Crippen molar-refractivity contribution in [2.24, 2.45) is 0 Å². The van der Waals surface area contributed by atoms with E-state index in [2.05, 4.69) is 4.98 Å². The summed E-state index contributed by atoms with van der Waals surface area (Å²) in [5.74, 6) is -1.42. The number of rotatable bonds is 3. The topological polar surface area (TPSA) is 50.2 Å². The summed E-state index contributed by atoms with van der Waals surface area (Å²) in [6, 6.07) is 5.29. The van der Waals surface area contributed by atoms with E-state index in [1.807, 2.05) is 11.4 Å². The van der Waals surface area contributed by atoms with Crippen LogP contribution < -0.4 is 0 Å². The van der Waals surface area contributed by atoms with E-state index in [1.165, 1.54) is 11.3 Å². The van der Waals surface area contributed by atoms with Gasteiger partial charge in [0.05, 0.1) is 10.9 Å². The zero-order chi connectivity index (χ0) is 12.4. The van der Waals surface area contributed by atoms with Gasteiger partial charge in [0.25, 0.3) is 0 Å². The highest BCUT2D eigenvalue weighted by molar-refractivity contribution is 7.13. The van der Waals surface area contributed by atoms with Crippen molar-refractivity contribution in [3.63, 3.8) is 0 Å². The van der Waals surface area contributed by atoms with Crippen molar-refractivity contribution < 1.29 is 9.90 Å². The van der Waals surface area contributed by atoms with E-state index in [9.17, 15) is 4.79 Å². The Bertz CT molecular complexity index is 539. The average Bonchev–Trinajstić information content (AvgIpc) is 2.81. The van der Waals surface area contributed by atoms with Crippen LogP contribution in [0.3, 0.4) is 0 Å². The molecule has 0 fully saturated rings. The number of nitrogens with zero attached hydrogens (tertiary/aromatic N) is 1. The highest BCUT2D eigenvalue weighted by atomic mass is 35.5. The van der Waals surface area contributed by atoms with Gasteiger partial charge in [-0.15, -0.1) is 11.3 Å². The molecule has 0 radical (unpaired) electrons. The first-order chi connectivity index (χ1) is 8.09. The third-order valence-electron chi connectivity index (χ3n) is 2.53. The Morgan fingerprint density at radius 2 is 2.29 bits per heavy atom. The number of aromatic nitrogens is 1. The van der Waals surface area contributed by atoms with Crippen LogP contribution in [0, 0.1) is 0 Å². The van der Waals surface area contributed by atoms with Crippen LogP contribution >= 0.6 is 22.9 Å². The first-order valence-corrected chi connectivity index (χ1v) is 6.27. The standard InChI is InChI=1S/C12H10ClNO2S/c1-7(12(15)16)8-2-3-9(10(13)6-8)11-14-4-5-17-11/h2-7H,1H3,(H,15,16). The van der Waals surface area contributed by atoms with Gasteiger partial charge in [0.15, 0.2) is 0 Å². The van der Waals surface area contributed by atoms with E-state index in [0.717, 1.165) is 10.6 Å². The summed E-state index contributed by atoms with van der Waals surface area (Å²) in [6.45, 7) is 1.64. The Balaban J connectivity index is 2.39. The summed E-state index contributed by atoms with van der Waals surface area (Å²) in [5.41, 5.74) is 1.53. The fraction of sp³-hybridized carbons (Fsp3) is 0.167. The number of benzene rings is 1. The second-order valence-electron chi connectivity index (χ2n) is 3.64. The predicted octanol–water partition coefficient (Wildman–Crippen LogP) is 3.65. The number of aliphatic carboxylic acids is 1. The monoisotopic (exact) mass is 267 g/mol. The molecule has 1 heterocycles. The summed E-state index contributed by atoms with van der Waals surface area (Å²) in [4.78, 5) is 15.0. The van der Waals surface area contributed by atoms with E-state index in [0.29, 0.717) is 10.6 Å². The van der Waals surface area contributed by atoms with Crippen LogP contribution in [-0.2, 0) is 4.79 Å². The molecule has 0 aliphatic carbocycles. The van der Waals surface area contributed by atoms with Gasteiger partial charge < -0.3 is 5.11 Å². The first-order valence-electron chi connectivity index (χ1n) is 5.01. The molecular formula is C12H10ClNO2S. The van der Waals surface area contributed by atoms with E-state index >= 15 is 0 Å². The van der Waals surface area contributed by atoms with Gasteiger partial charge in [0.2, 0.25) is 0 Å². The molecule has 1 unspecified atom stereocenters. The van der Waals surface area contributed by atoms with Crippen molar-refractivity contribution in [3.05, 3.63) is 40.4 Å². The van der Waals surface area contributed by atoms with E-state index in [-0.39, 0.29) is 0 Å². The number of thiazole rings is 1. The summed E-state index contributed by atoms with van der Waals surface area (Å²) in [6.07, 6.45) is 1.71. The Kier molecular flexibility index (Phi) is 3.45. The molecule has 1 N–H and O–H groups in total. The quantitative estimate of drug-likeness (QED) is 0.923. The molecule has 88 valence electrons. The molecular weight excluding hydrogens is 258 g/mol. The highest BCUT2D eigenvalue weighted by Crippen LogP contribution is 2.31. The van der Waals surface area contributed by atoms with Crippen molar-refractivity contribution in [1.82, 2.24) is 4.98 Å². The van der Waals surface area contributed by atoms with Crippen LogP contribution in [0.25, 0.3) is 10.6 Å². The molecule has 2 rings (SSSR count). The molecule has 3 nitrogen and oxygen atoms in total. The van der Waals surface area contributed by atoms with Crippen molar-refractivity contribution in [2.75, 3.05) is 0 Å². The Morgan fingerprint density at radius 1 is 1.53 bits per heavy atom. The van der Waals surface area contributed by atoms with Crippen LogP contribution in [0.2, 0.25) is 5.02 Å². The molecule has 1 aromatic heterocycles. The average molecular weight is 268 g/mol. The molecule has 1 aromatic carbocycles. The fourth-order valence-electron chi connectivity index (χ4n) is 1.47. The van der Waals surface area contributed by atoms with Gasteiger partial charge in [-0.2, -0.15) is 0 Å². The van der Waals surface area contributed by atoms with Crippen molar-refractivity contribution >= 4 is 28.9 Å². The number of carbonyl (C=O) groups is 1. The minimum atomic E-state index is -0.858. The van der Waals surface area contributed by atoms with Crippen molar-refractivity contribution in [3.8, 4) is 10.6 Å². The first kappa shape index (κ1) is 12.1. The summed E-state index contributed by atoms with van der Waals surface area (Å²) in [7, 11) is 0. The normalized spacial score (nSPS) is 12.4. The lowest BCUT2D eigenvalue weighted by Gasteiger charge is -2.08. The molecule has 2 aromatic rings. The minimum Gasteiger partial charge on any atom is -0.481 e. The number of hydrogen-bond donors (Lipinski definition) is 1. The second kappa shape index (κ2) is 4.85. The molecule has 0 amide bonds. The summed E-state index contributed by atoms with van der Waals surface area (Å²) < 4.78 is 0. The molecule has 0 aliphatic heterocycles. The molecule has 0 spiro atoms. The number of carboxylic acids is 1. The molecule has 0 bridgehead atoms. The maximum absolute atomic E-state index is 10.9. The second-order valence-corrected chi connectivity index (χ2v) is 4.94. The molecule has 17 heavy (non-hydrogen) atoms. The zero-order valence-electron chi connectivity index (χ0n) is 9.05. The summed E-state index contributed by atoms with van der Waals surface area (Å²) in [5, 5.41) is 12.2. The van der Waals surface area contributed by atoms with E-state index in [4.69, 9.17) is 16.7 Å². The van der Waals surface area contributed by atoms with Gasteiger partial charge in [0.1, 0.15) is 5.01 Å². The van der Waals surface area contributed by atoms with Gasteiger partial charge in [0, 0.05) is 17.1 Å². The molecule has 5 heteroatoms. The summed E-state index contributed by atoms with van der Waals surface area (Å²) >= 11 is 7.64.